The summed E-state index contributed by atoms with van der Waals surface area (Å²) in [5, 5.41) is 13.2. The van der Waals surface area contributed by atoms with Crippen molar-refractivity contribution in [2.45, 2.75) is 51.4 Å². The van der Waals surface area contributed by atoms with Gasteiger partial charge in [-0.15, -0.1) is 0 Å². The molecule has 4 rings (SSSR count). The van der Waals surface area contributed by atoms with Crippen molar-refractivity contribution in [1.29, 1.82) is 0 Å². The molecule has 1 amide bonds. The zero-order valence-corrected chi connectivity index (χ0v) is 19.2. The van der Waals surface area contributed by atoms with Crippen molar-refractivity contribution in [3.05, 3.63) is 41.5 Å². The van der Waals surface area contributed by atoms with E-state index in [0.29, 0.717) is 18.0 Å². The minimum atomic E-state index is -2.14. The van der Waals surface area contributed by atoms with Crippen molar-refractivity contribution in [3.8, 4) is 28.4 Å². The maximum atomic E-state index is 12.6. The Bertz CT molecular complexity index is 996. The number of carbonyl (C=O) groups excluding carboxylic acids is 1. The molecule has 160 valence electrons. The summed E-state index contributed by atoms with van der Waals surface area (Å²) >= 11 is 0. The van der Waals surface area contributed by atoms with E-state index in [1.54, 1.807) is 18.2 Å². The summed E-state index contributed by atoms with van der Waals surface area (Å²) in [4.78, 5) is 12.6. The third-order valence-electron chi connectivity index (χ3n) is 6.35. The number of amides is 1. The van der Waals surface area contributed by atoms with Gasteiger partial charge in [0.2, 0.25) is 12.7 Å². The quantitative estimate of drug-likeness (QED) is 0.689. The second-order valence-electron chi connectivity index (χ2n) is 9.48. The molecule has 1 atom stereocenters. The van der Waals surface area contributed by atoms with Crippen LogP contribution < -0.4 is 14.8 Å². The Morgan fingerprint density at radius 3 is 2.50 bits per heavy atom. The number of phenolic OH excluding ortho intramolecular Hbond substituents is 1. The van der Waals surface area contributed by atoms with Gasteiger partial charge in [-0.2, -0.15) is 0 Å². The van der Waals surface area contributed by atoms with Crippen LogP contribution in [0, 0.1) is 0 Å². The van der Waals surface area contributed by atoms with Gasteiger partial charge < -0.3 is 24.3 Å². The minimum absolute atomic E-state index is 0.0160. The largest absolute Gasteiger partial charge is 0.508 e. The van der Waals surface area contributed by atoms with E-state index in [1.165, 1.54) is 0 Å². The fraction of sp³-hybridized carbons (Fsp3) is 0.435. The molecule has 0 aromatic heterocycles. The van der Waals surface area contributed by atoms with Gasteiger partial charge in [0.25, 0.3) is 0 Å². The second-order valence-corrected chi connectivity index (χ2v) is 14.2. The maximum Gasteiger partial charge on any atom is 0.231 e. The van der Waals surface area contributed by atoms with Crippen LogP contribution >= 0.6 is 0 Å². The van der Waals surface area contributed by atoms with Gasteiger partial charge in [0.05, 0.1) is 12.5 Å². The lowest BCUT2D eigenvalue weighted by atomic mass is 9.91. The highest BCUT2D eigenvalue weighted by molar-refractivity contribution is 6.74. The average Bonchev–Trinajstić information content (AvgIpc) is 3.12. The molecular weight excluding hydrogens is 398 g/mol. The van der Waals surface area contributed by atoms with Crippen LogP contribution in [0.3, 0.4) is 0 Å². The summed E-state index contributed by atoms with van der Waals surface area (Å²) < 4.78 is 18.0. The molecule has 0 spiro atoms. The molecular formula is C23H29NO5Si. The first-order valence-corrected chi connectivity index (χ1v) is 13.2. The lowest BCUT2D eigenvalue weighted by Crippen LogP contribution is -2.44. The summed E-state index contributed by atoms with van der Waals surface area (Å²) in [6, 6.07) is 9.01. The molecule has 2 aromatic carbocycles. The van der Waals surface area contributed by atoms with E-state index >= 15 is 0 Å². The van der Waals surface area contributed by atoms with Gasteiger partial charge in [-0.25, -0.2) is 0 Å². The Morgan fingerprint density at radius 1 is 1.10 bits per heavy atom. The third kappa shape index (κ3) is 3.79. The van der Waals surface area contributed by atoms with Crippen molar-refractivity contribution in [3.63, 3.8) is 0 Å². The number of carbonyl (C=O) groups is 1. The molecule has 0 aliphatic carbocycles. The molecule has 0 saturated heterocycles. The monoisotopic (exact) mass is 427 g/mol. The molecule has 0 bridgehead atoms. The van der Waals surface area contributed by atoms with E-state index in [2.05, 4.69) is 39.2 Å². The SMILES string of the molecule is CC(C)(C)[Si](C)(C)O[C@H]1CNC(=O)Cc2ccc(O)cc2-c2cc3c(cc21)OCO3. The molecule has 2 aliphatic heterocycles. The van der Waals surface area contributed by atoms with Crippen molar-refractivity contribution in [2.24, 2.45) is 0 Å². The van der Waals surface area contributed by atoms with E-state index in [1.807, 2.05) is 12.1 Å². The Balaban J connectivity index is 1.91. The molecule has 0 unspecified atom stereocenters. The van der Waals surface area contributed by atoms with Crippen LogP contribution in [-0.4, -0.2) is 32.7 Å². The summed E-state index contributed by atoms with van der Waals surface area (Å²) in [5.74, 6) is 1.41. The molecule has 0 radical (unpaired) electrons. The van der Waals surface area contributed by atoms with Gasteiger partial charge >= 0.3 is 0 Å². The number of nitrogens with one attached hydrogen (secondary N) is 1. The molecule has 2 heterocycles. The summed E-state index contributed by atoms with van der Waals surface area (Å²) in [7, 11) is -2.14. The van der Waals surface area contributed by atoms with E-state index < -0.39 is 8.32 Å². The molecule has 30 heavy (non-hydrogen) atoms. The first-order valence-electron chi connectivity index (χ1n) is 10.3. The smallest absolute Gasteiger partial charge is 0.231 e. The van der Waals surface area contributed by atoms with Crippen molar-refractivity contribution in [2.75, 3.05) is 13.3 Å². The normalized spacial score (nSPS) is 18.6. The van der Waals surface area contributed by atoms with Gasteiger partial charge in [-0.05, 0) is 64.7 Å². The van der Waals surface area contributed by atoms with Gasteiger partial charge in [-0.3, -0.25) is 4.79 Å². The average molecular weight is 428 g/mol. The predicted octanol–water partition coefficient (Wildman–Crippen LogP) is 4.52. The Labute approximate surface area is 178 Å². The molecule has 7 heteroatoms. The first kappa shape index (κ1) is 20.7. The lowest BCUT2D eigenvalue weighted by molar-refractivity contribution is -0.120. The van der Waals surface area contributed by atoms with Crippen LogP contribution in [0.2, 0.25) is 18.1 Å². The van der Waals surface area contributed by atoms with E-state index in [9.17, 15) is 9.90 Å². The second kappa shape index (κ2) is 7.32. The van der Waals surface area contributed by atoms with Gasteiger partial charge in [-0.1, -0.05) is 26.8 Å². The minimum Gasteiger partial charge on any atom is -0.508 e. The number of hydrogen-bond donors (Lipinski definition) is 2. The Morgan fingerprint density at radius 2 is 1.80 bits per heavy atom. The van der Waals surface area contributed by atoms with Crippen molar-refractivity contribution in [1.82, 2.24) is 5.32 Å². The topological polar surface area (TPSA) is 77.0 Å². The van der Waals surface area contributed by atoms with E-state index in [-0.39, 0.29) is 36.0 Å². The van der Waals surface area contributed by atoms with Crippen LogP contribution in [0.1, 0.15) is 38.0 Å². The summed E-state index contributed by atoms with van der Waals surface area (Å²) in [5.41, 5.74) is 3.48. The Kier molecular flexibility index (Phi) is 5.06. The summed E-state index contributed by atoms with van der Waals surface area (Å²) in [6.45, 7) is 11.5. The number of phenols is 1. The molecule has 2 aromatic rings. The number of hydrogen-bond acceptors (Lipinski definition) is 5. The molecule has 2 aliphatic rings. The van der Waals surface area contributed by atoms with Crippen molar-refractivity contribution < 1.29 is 23.8 Å². The predicted molar refractivity (Wildman–Crippen MR) is 117 cm³/mol. The fourth-order valence-corrected chi connectivity index (χ4v) is 4.89. The number of rotatable bonds is 2. The van der Waals surface area contributed by atoms with Gasteiger partial charge in [0, 0.05) is 6.54 Å². The van der Waals surface area contributed by atoms with Crippen LogP contribution in [0.25, 0.3) is 11.1 Å². The standard InChI is InChI=1S/C23H29NO5Si/c1-23(2,3)30(4,5)29-21-12-24-22(26)8-14-6-7-15(25)9-16(14)17-10-19-20(11-18(17)21)28-13-27-19/h6-7,9-11,21,25H,8,12-13H2,1-5H3,(H,24,26)/t21-/m0/s1. The highest BCUT2D eigenvalue weighted by Crippen LogP contribution is 2.46. The third-order valence-corrected chi connectivity index (χ3v) is 10.8. The van der Waals surface area contributed by atoms with E-state index in [4.69, 9.17) is 13.9 Å². The Hall–Kier alpha value is -2.51. The highest BCUT2D eigenvalue weighted by atomic mass is 28.4. The maximum absolute atomic E-state index is 12.6. The number of benzene rings is 2. The van der Waals surface area contributed by atoms with Crippen molar-refractivity contribution >= 4 is 14.2 Å². The zero-order valence-electron chi connectivity index (χ0n) is 18.2. The van der Waals surface area contributed by atoms with Crippen LogP contribution in [0.4, 0.5) is 0 Å². The molecule has 0 saturated carbocycles. The highest BCUT2D eigenvalue weighted by Gasteiger charge is 2.40. The lowest BCUT2D eigenvalue weighted by Gasteiger charge is -2.39. The molecule has 6 nitrogen and oxygen atoms in total. The molecule has 2 N–H and O–H groups in total. The first-order chi connectivity index (χ1) is 14.0. The zero-order chi connectivity index (χ0) is 21.7. The summed E-state index contributed by atoms with van der Waals surface area (Å²) in [6.07, 6.45) is -0.108. The van der Waals surface area contributed by atoms with Gasteiger partial charge in [0.1, 0.15) is 5.75 Å². The van der Waals surface area contributed by atoms with Crippen LogP contribution in [0.15, 0.2) is 30.3 Å². The number of ether oxygens (including phenoxy) is 2. The van der Waals surface area contributed by atoms with Gasteiger partial charge in [0.15, 0.2) is 19.8 Å². The van der Waals surface area contributed by atoms with Crippen LogP contribution in [-0.2, 0) is 15.6 Å². The van der Waals surface area contributed by atoms with Crippen LogP contribution in [0.5, 0.6) is 17.2 Å². The fourth-order valence-electron chi connectivity index (χ4n) is 3.62. The number of fused-ring (bicyclic) bond motifs is 4. The molecule has 0 fully saturated rings. The van der Waals surface area contributed by atoms with E-state index in [0.717, 1.165) is 22.3 Å². The number of aromatic hydroxyl groups is 1.